The van der Waals surface area contributed by atoms with Crippen LogP contribution in [0.15, 0.2) is 24.3 Å². The summed E-state index contributed by atoms with van der Waals surface area (Å²) in [5.41, 5.74) is 2.54. The van der Waals surface area contributed by atoms with Crippen LogP contribution in [0.3, 0.4) is 0 Å². The highest BCUT2D eigenvalue weighted by atomic mass is 32.1. The molecule has 0 unspecified atom stereocenters. The number of nitrogens with zero attached hydrogens (tertiary/aromatic N) is 2. The van der Waals surface area contributed by atoms with E-state index in [0.29, 0.717) is 0 Å². The number of aromatic nitrogens is 2. The van der Waals surface area contributed by atoms with Gasteiger partial charge in [-0.05, 0) is 19.4 Å². The molecule has 0 spiro atoms. The van der Waals surface area contributed by atoms with Crippen molar-refractivity contribution in [3.05, 3.63) is 41.2 Å². The Labute approximate surface area is 93.4 Å². The van der Waals surface area contributed by atoms with E-state index >= 15 is 0 Å². The van der Waals surface area contributed by atoms with Gasteiger partial charge in [0.15, 0.2) is 0 Å². The Balaban J connectivity index is 1.96. The number of rotatable bonds is 3. The zero-order chi connectivity index (χ0) is 10.7. The number of anilines is 1. The number of hydrogen-bond acceptors (Lipinski definition) is 4. The van der Waals surface area contributed by atoms with Crippen LogP contribution in [0.25, 0.3) is 0 Å². The third-order valence-corrected chi connectivity index (χ3v) is 2.86. The molecule has 0 aliphatic heterocycles. The fourth-order valence-electron chi connectivity index (χ4n) is 1.25. The second-order valence-electron chi connectivity index (χ2n) is 3.49. The van der Waals surface area contributed by atoms with Crippen LogP contribution in [0.2, 0.25) is 0 Å². The summed E-state index contributed by atoms with van der Waals surface area (Å²) in [6.45, 7) is 4.79. The van der Waals surface area contributed by atoms with E-state index in [9.17, 15) is 0 Å². The van der Waals surface area contributed by atoms with E-state index in [4.69, 9.17) is 0 Å². The lowest BCUT2D eigenvalue weighted by Gasteiger charge is -2.02. The summed E-state index contributed by atoms with van der Waals surface area (Å²) < 4.78 is 4.11. The fraction of sp³-hybridized carbons (Fsp3) is 0.273. The summed E-state index contributed by atoms with van der Waals surface area (Å²) in [5, 5.41) is 4.13. The lowest BCUT2D eigenvalue weighted by molar-refractivity contribution is 1.10. The Morgan fingerprint density at radius 1 is 1.20 bits per heavy atom. The standard InChI is InChI=1S/C11H13N3S/c1-8-3-5-10(6-4-8)7-12-11-13-9(2)14-15-11/h3-6H,7H2,1-2H3,(H,12,13,14). The van der Waals surface area contributed by atoms with Gasteiger partial charge in [-0.2, -0.15) is 4.37 Å². The second-order valence-corrected chi connectivity index (χ2v) is 4.24. The molecule has 2 aromatic rings. The lowest BCUT2D eigenvalue weighted by atomic mass is 10.1. The molecule has 1 heterocycles. The van der Waals surface area contributed by atoms with Gasteiger partial charge in [0.25, 0.3) is 0 Å². The highest BCUT2D eigenvalue weighted by molar-refractivity contribution is 7.09. The van der Waals surface area contributed by atoms with Crippen molar-refractivity contribution in [1.82, 2.24) is 9.36 Å². The second kappa shape index (κ2) is 4.40. The maximum absolute atomic E-state index is 4.24. The van der Waals surface area contributed by atoms with Crippen molar-refractivity contribution in [2.75, 3.05) is 5.32 Å². The topological polar surface area (TPSA) is 37.8 Å². The van der Waals surface area contributed by atoms with Crippen molar-refractivity contribution in [2.45, 2.75) is 20.4 Å². The molecule has 3 nitrogen and oxygen atoms in total. The van der Waals surface area contributed by atoms with E-state index in [1.54, 1.807) is 0 Å². The first kappa shape index (κ1) is 10.1. The van der Waals surface area contributed by atoms with Crippen molar-refractivity contribution < 1.29 is 0 Å². The SMILES string of the molecule is Cc1ccc(CNc2nc(C)ns2)cc1. The first-order chi connectivity index (χ1) is 7.24. The molecule has 0 aliphatic rings. The highest BCUT2D eigenvalue weighted by Gasteiger charge is 1.98. The smallest absolute Gasteiger partial charge is 0.202 e. The molecule has 0 bridgehead atoms. The summed E-state index contributed by atoms with van der Waals surface area (Å²) in [6, 6.07) is 8.47. The molecule has 15 heavy (non-hydrogen) atoms. The summed E-state index contributed by atoms with van der Waals surface area (Å²) in [5.74, 6) is 0.825. The number of nitrogens with one attached hydrogen (secondary N) is 1. The lowest BCUT2D eigenvalue weighted by Crippen LogP contribution is -1.98. The van der Waals surface area contributed by atoms with E-state index in [1.807, 2.05) is 6.92 Å². The van der Waals surface area contributed by atoms with Gasteiger partial charge < -0.3 is 5.32 Å². The van der Waals surface area contributed by atoms with Gasteiger partial charge in [-0.15, -0.1) is 0 Å². The van der Waals surface area contributed by atoms with Crippen LogP contribution in [0, 0.1) is 13.8 Å². The summed E-state index contributed by atoms with van der Waals surface area (Å²) in [6.07, 6.45) is 0. The molecule has 0 fully saturated rings. The minimum Gasteiger partial charge on any atom is -0.356 e. The number of hydrogen-bond donors (Lipinski definition) is 1. The molecule has 0 atom stereocenters. The van der Waals surface area contributed by atoms with Crippen LogP contribution in [-0.4, -0.2) is 9.36 Å². The molecule has 0 saturated carbocycles. The third kappa shape index (κ3) is 2.76. The van der Waals surface area contributed by atoms with Gasteiger partial charge in [0.05, 0.1) is 0 Å². The molecule has 4 heteroatoms. The minimum atomic E-state index is 0.801. The molecule has 1 N–H and O–H groups in total. The Bertz CT molecular complexity index is 433. The average Bonchev–Trinajstić information content (AvgIpc) is 2.64. The number of benzene rings is 1. The zero-order valence-electron chi connectivity index (χ0n) is 8.82. The minimum absolute atomic E-state index is 0.801. The first-order valence-corrected chi connectivity index (χ1v) is 5.61. The van der Waals surface area contributed by atoms with Crippen LogP contribution >= 0.6 is 11.5 Å². The molecule has 1 aromatic carbocycles. The van der Waals surface area contributed by atoms with Crippen LogP contribution in [0.1, 0.15) is 17.0 Å². The van der Waals surface area contributed by atoms with Crippen molar-refractivity contribution >= 4 is 16.7 Å². The van der Waals surface area contributed by atoms with E-state index in [1.165, 1.54) is 22.7 Å². The monoisotopic (exact) mass is 219 g/mol. The molecule has 1 aromatic heterocycles. The van der Waals surface area contributed by atoms with Crippen LogP contribution in [-0.2, 0) is 6.54 Å². The van der Waals surface area contributed by atoms with Crippen molar-refractivity contribution in [3.8, 4) is 0 Å². The normalized spacial score (nSPS) is 10.3. The van der Waals surface area contributed by atoms with E-state index in [-0.39, 0.29) is 0 Å². The van der Waals surface area contributed by atoms with Crippen molar-refractivity contribution in [1.29, 1.82) is 0 Å². The quantitative estimate of drug-likeness (QED) is 0.862. The fourth-order valence-corrected chi connectivity index (χ4v) is 1.82. The van der Waals surface area contributed by atoms with Gasteiger partial charge in [-0.1, -0.05) is 29.8 Å². The molecule has 0 aliphatic carbocycles. The first-order valence-electron chi connectivity index (χ1n) is 4.84. The molecular formula is C11H13N3S. The van der Waals surface area contributed by atoms with Crippen LogP contribution in [0.4, 0.5) is 5.13 Å². The predicted octanol–water partition coefficient (Wildman–Crippen LogP) is 2.77. The van der Waals surface area contributed by atoms with Crippen LogP contribution < -0.4 is 5.32 Å². The third-order valence-electron chi connectivity index (χ3n) is 2.09. The predicted molar refractivity (Wildman–Crippen MR) is 63.2 cm³/mol. The Hall–Kier alpha value is -1.42. The molecule has 0 amide bonds. The number of aryl methyl sites for hydroxylation is 2. The molecule has 2 rings (SSSR count). The largest absolute Gasteiger partial charge is 0.356 e. The maximum atomic E-state index is 4.24. The average molecular weight is 219 g/mol. The Morgan fingerprint density at radius 3 is 2.53 bits per heavy atom. The Kier molecular flexibility index (Phi) is 2.97. The summed E-state index contributed by atoms with van der Waals surface area (Å²) in [7, 11) is 0. The van der Waals surface area contributed by atoms with E-state index in [2.05, 4.69) is 45.9 Å². The van der Waals surface area contributed by atoms with E-state index < -0.39 is 0 Å². The highest BCUT2D eigenvalue weighted by Crippen LogP contribution is 2.12. The maximum Gasteiger partial charge on any atom is 0.202 e. The van der Waals surface area contributed by atoms with E-state index in [0.717, 1.165) is 17.5 Å². The van der Waals surface area contributed by atoms with Gasteiger partial charge in [0, 0.05) is 18.1 Å². The molecule has 78 valence electrons. The summed E-state index contributed by atoms with van der Waals surface area (Å²) in [4.78, 5) is 4.24. The summed E-state index contributed by atoms with van der Waals surface area (Å²) >= 11 is 1.40. The van der Waals surface area contributed by atoms with Gasteiger partial charge in [-0.3, -0.25) is 0 Å². The molecule has 0 saturated heterocycles. The van der Waals surface area contributed by atoms with Gasteiger partial charge >= 0.3 is 0 Å². The molecular weight excluding hydrogens is 206 g/mol. The van der Waals surface area contributed by atoms with Gasteiger partial charge in [-0.25, -0.2) is 4.98 Å². The zero-order valence-corrected chi connectivity index (χ0v) is 9.64. The molecule has 0 radical (unpaired) electrons. The van der Waals surface area contributed by atoms with Gasteiger partial charge in [0.1, 0.15) is 5.82 Å². The Morgan fingerprint density at radius 2 is 1.93 bits per heavy atom. The van der Waals surface area contributed by atoms with Crippen molar-refractivity contribution in [3.63, 3.8) is 0 Å². The van der Waals surface area contributed by atoms with Crippen molar-refractivity contribution in [2.24, 2.45) is 0 Å². The van der Waals surface area contributed by atoms with Gasteiger partial charge in [0.2, 0.25) is 5.13 Å². The van der Waals surface area contributed by atoms with Crippen LogP contribution in [0.5, 0.6) is 0 Å².